The van der Waals surface area contributed by atoms with Gasteiger partial charge < -0.3 is 8.98 Å². The van der Waals surface area contributed by atoms with Crippen molar-refractivity contribution < 1.29 is 17.6 Å². The molecule has 0 radical (unpaired) electrons. The maximum absolute atomic E-state index is 12.7. The van der Waals surface area contributed by atoms with Gasteiger partial charge in [0.2, 0.25) is 6.39 Å². The van der Waals surface area contributed by atoms with E-state index in [0.717, 1.165) is 34.3 Å². The summed E-state index contributed by atoms with van der Waals surface area (Å²) in [7, 11) is 0. The van der Waals surface area contributed by atoms with Crippen molar-refractivity contribution in [2.45, 2.75) is 12.7 Å². The molecule has 4 aromatic rings. The molecule has 0 fully saturated rings. The first-order valence-corrected chi connectivity index (χ1v) is 7.53. The quantitative estimate of drug-likeness (QED) is 0.539. The lowest BCUT2D eigenvalue weighted by atomic mass is 10.1. The third-order valence-electron chi connectivity index (χ3n) is 4.01. The molecule has 2 aromatic heterocycles. The number of hydrogen-bond acceptors (Lipinski definition) is 3. The van der Waals surface area contributed by atoms with Crippen molar-refractivity contribution in [1.29, 1.82) is 0 Å². The Morgan fingerprint density at radius 3 is 2.44 bits per heavy atom. The number of fused-ring (bicyclic) bond motifs is 1. The van der Waals surface area contributed by atoms with Gasteiger partial charge in [-0.1, -0.05) is 30.3 Å². The summed E-state index contributed by atoms with van der Waals surface area (Å²) in [5, 5.41) is 8.63. The topological polar surface area (TPSA) is 43.9 Å². The molecule has 0 atom stereocenters. The molecule has 126 valence electrons. The van der Waals surface area contributed by atoms with E-state index in [1.165, 1.54) is 18.5 Å². The largest absolute Gasteiger partial charge is 0.422 e. The molecule has 0 spiro atoms. The van der Waals surface area contributed by atoms with Crippen LogP contribution in [0, 0.1) is 0 Å². The smallest absolute Gasteiger partial charge is 0.416 e. The summed E-state index contributed by atoms with van der Waals surface area (Å²) >= 11 is 0. The van der Waals surface area contributed by atoms with Gasteiger partial charge in [0.1, 0.15) is 5.69 Å². The first-order chi connectivity index (χ1) is 12.0. The van der Waals surface area contributed by atoms with E-state index in [0.29, 0.717) is 12.4 Å². The molecule has 0 saturated heterocycles. The molecule has 0 unspecified atom stereocenters. The number of aromatic nitrogens is 3. The molecule has 4 nitrogen and oxygen atoms in total. The van der Waals surface area contributed by atoms with Gasteiger partial charge in [0.15, 0.2) is 0 Å². The Morgan fingerprint density at radius 2 is 1.76 bits per heavy atom. The lowest BCUT2D eigenvalue weighted by Gasteiger charge is -2.11. The first kappa shape index (κ1) is 15.4. The lowest BCUT2D eigenvalue weighted by Crippen LogP contribution is -2.06. The third kappa shape index (κ3) is 2.88. The summed E-state index contributed by atoms with van der Waals surface area (Å²) in [5.74, 6) is 0.364. The zero-order valence-electron chi connectivity index (χ0n) is 12.9. The average molecular weight is 343 g/mol. The van der Waals surface area contributed by atoms with Crippen LogP contribution in [0.5, 0.6) is 0 Å². The van der Waals surface area contributed by atoms with Gasteiger partial charge in [0.25, 0.3) is 5.89 Å². The Morgan fingerprint density at radius 1 is 1.00 bits per heavy atom. The highest BCUT2D eigenvalue weighted by molar-refractivity contribution is 5.85. The first-order valence-electron chi connectivity index (χ1n) is 7.53. The van der Waals surface area contributed by atoms with Gasteiger partial charge in [-0.25, -0.2) is 0 Å². The Kier molecular flexibility index (Phi) is 3.56. The van der Waals surface area contributed by atoms with Gasteiger partial charge in [-0.2, -0.15) is 13.2 Å². The van der Waals surface area contributed by atoms with Crippen LogP contribution in [0.25, 0.3) is 22.5 Å². The van der Waals surface area contributed by atoms with Crippen LogP contribution in [0.3, 0.4) is 0 Å². The van der Waals surface area contributed by atoms with Gasteiger partial charge in [0.05, 0.1) is 5.56 Å². The number of alkyl halides is 3. The van der Waals surface area contributed by atoms with Gasteiger partial charge >= 0.3 is 6.18 Å². The van der Waals surface area contributed by atoms with Crippen LogP contribution in [0.4, 0.5) is 13.2 Å². The molecular formula is C18H12F3N3O. The highest BCUT2D eigenvalue weighted by atomic mass is 19.4. The number of hydrogen-bond donors (Lipinski definition) is 0. The third-order valence-corrected chi connectivity index (χ3v) is 4.01. The van der Waals surface area contributed by atoms with Crippen molar-refractivity contribution in [1.82, 2.24) is 14.8 Å². The minimum absolute atomic E-state index is 0.364. The van der Waals surface area contributed by atoms with Crippen molar-refractivity contribution in [3.63, 3.8) is 0 Å². The lowest BCUT2D eigenvalue weighted by molar-refractivity contribution is -0.137. The van der Waals surface area contributed by atoms with Crippen molar-refractivity contribution in [3.05, 3.63) is 72.1 Å². The second-order valence-corrected chi connectivity index (χ2v) is 5.61. The van der Waals surface area contributed by atoms with Crippen LogP contribution in [0.1, 0.15) is 11.1 Å². The maximum atomic E-state index is 12.7. The molecule has 0 amide bonds. The molecule has 7 heteroatoms. The zero-order valence-corrected chi connectivity index (χ0v) is 12.9. The molecule has 0 bridgehead atoms. The van der Waals surface area contributed by atoms with E-state index >= 15 is 0 Å². The average Bonchev–Trinajstić information content (AvgIpc) is 3.23. The molecule has 0 aliphatic heterocycles. The SMILES string of the molecule is FC(F)(F)c1ccc(Cn2c(-c3nnco3)cc3ccccc32)cc1. The Bertz CT molecular complexity index is 1000. The normalized spacial score (nSPS) is 12.0. The van der Waals surface area contributed by atoms with E-state index in [-0.39, 0.29) is 0 Å². The zero-order chi connectivity index (χ0) is 17.4. The highest BCUT2D eigenvalue weighted by Crippen LogP contribution is 2.31. The van der Waals surface area contributed by atoms with Crippen molar-refractivity contribution in [2.24, 2.45) is 0 Å². The van der Waals surface area contributed by atoms with Gasteiger partial charge in [0, 0.05) is 17.4 Å². The fourth-order valence-corrected chi connectivity index (χ4v) is 2.82. The summed E-state index contributed by atoms with van der Waals surface area (Å²) in [6, 6.07) is 14.8. The maximum Gasteiger partial charge on any atom is 0.416 e. The van der Waals surface area contributed by atoms with Gasteiger partial charge in [-0.3, -0.25) is 0 Å². The minimum Gasteiger partial charge on any atom is -0.422 e. The minimum atomic E-state index is -4.34. The second-order valence-electron chi connectivity index (χ2n) is 5.61. The number of halogens is 3. The number of para-hydroxylation sites is 1. The number of rotatable bonds is 3. The Hall–Kier alpha value is -3.09. The van der Waals surface area contributed by atoms with E-state index in [1.54, 1.807) is 0 Å². The number of nitrogens with zero attached hydrogens (tertiary/aromatic N) is 3. The van der Waals surface area contributed by atoms with Crippen LogP contribution in [0.15, 0.2) is 65.4 Å². The van der Waals surface area contributed by atoms with Crippen LogP contribution in [-0.4, -0.2) is 14.8 Å². The molecule has 2 aromatic carbocycles. The second kappa shape index (κ2) is 5.77. The monoisotopic (exact) mass is 343 g/mol. The van der Waals surface area contributed by atoms with E-state index in [1.807, 2.05) is 34.9 Å². The van der Waals surface area contributed by atoms with Crippen molar-refractivity contribution >= 4 is 10.9 Å². The molecule has 0 N–H and O–H groups in total. The summed E-state index contributed by atoms with van der Waals surface area (Å²) < 4.78 is 45.4. The predicted molar refractivity (Wildman–Crippen MR) is 85.8 cm³/mol. The van der Waals surface area contributed by atoms with Gasteiger partial charge in [-0.15, -0.1) is 10.2 Å². The molecule has 2 heterocycles. The van der Waals surface area contributed by atoms with Crippen molar-refractivity contribution in [2.75, 3.05) is 0 Å². The summed E-state index contributed by atoms with van der Waals surface area (Å²) in [6.45, 7) is 0.392. The number of benzene rings is 2. The summed E-state index contributed by atoms with van der Waals surface area (Å²) in [4.78, 5) is 0. The van der Waals surface area contributed by atoms with Crippen LogP contribution >= 0.6 is 0 Å². The van der Waals surface area contributed by atoms with Crippen molar-refractivity contribution in [3.8, 4) is 11.6 Å². The summed E-state index contributed by atoms with van der Waals surface area (Å²) in [6.07, 6.45) is -3.09. The predicted octanol–water partition coefficient (Wildman–Crippen LogP) is 4.76. The highest BCUT2D eigenvalue weighted by Gasteiger charge is 2.30. The Labute approximate surface area is 140 Å². The standard InChI is InChI=1S/C18H12F3N3O/c19-18(20,21)14-7-5-12(6-8-14)10-24-15-4-2-1-3-13(15)9-16(24)17-23-22-11-25-17/h1-9,11H,10H2. The van der Waals surface area contributed by atoms with Crippen LogP contribution in [-0.2, 0) is 12.7 Å². The molecule has 25 heavy (non-hydrogen) atoms. The van der Waals surface area contributed by atoms with E-state index in [4.69, 9.17) is 4.42 Å². The molecule has 4 rings (SSSR count). The Balaban J connectivity index is 1.77. The van der Waals surface area contributed by atoms with Gasteiger partial charge in [-0.05, 0) is 29.8 Å². The van der Waals surface area contributed by atoms with E-state index in [2.05, 4.69) is 10.2 Å². The molecule has 0 aliphatic rings. The fraction of sp³-hybridized carbons (Fsp3) is 0.111. The fourth-order valence-electron chi connectivity index (χ4n) is 2.82. The van der Waals surface area contributed by atoms with Crippen LogP contribution in [0.2, 0.25) is 0 Å². The van der Waals surface area contributed by atoms with E-state index < -0.39 is 11.7 Å². The molecule has 0 saturated carbocycles. The van der Waals surface area contributed by atoms with Crippen LogP contribution < -0.4 is 0 Å². The summed E-state index contributed by atoms with van der Waals surface area (Å²) in [5.41, 5.74) is 1.75. The molecular weight excluding hydrogens is 331 g/mol. The van der Waals surface area contributed by atoms with E-state index in [9.17, 15) is 13.2 Å². The molecule has 0 aliphatic carbocycles.